The number of benzene rings is 11. The van der Waals surface area contributed by atoms with E-state index in [0.29, 0.717) is 0 Å². The molecule has 0 aliphatic carbocycles. The zero-order chi connectivity index (χ0) is 39.3. The molecule has 0 nitrogen and oxygen atoms in total. The van der Waals surface area contributed by atoms with E-state index in [2.05, 4.69) is 231 Å². The highest BCUT2D eigenvalue weighted by Gasteiger charge is 2.23. The van der Waals surface area contributed by atoms with Gasteiger partial charge in [-0.15, -0.1) is 0 Å². The molecule has 0 saturated carbocycles. The van der Waals surface area contributed by atoms with Crippen molar-refractivity contribution >= 4 is 32.3 Å². The van der Waals surface area contributed by atoms with Gasteiger partial charge in [0, 0.05) is 0 Å². The third-order valence-electron chi connectivity index (χ3n) is 12.2. The highest BCUT2D eigenvalue weighted by Crippen LogP contribution is 2.51. The first-order valence-electron chi connectivity index (χ1n) is 20.5. The van der Waals surface area contributed by atoms with Gasteiger partial charge in [-0.05, 0) is 129 Å². The monoisotopic (exact) mass is 748 g/mol. The van der Waals surface area contributed by atoms with E-state index in [1.165, 1.54) is 116 Å². The fourth-order valence-corrected chi connectivity index (χ4v) is 9.40. The summed E-state index contributed by atoms with van der Waals surface area (Å²) < 4.78 is 0. The Hall–Kier alpha value is -7.54. The Morgan fingerprint density at radius 1 is 0.203 bits per heavy atom. The molecule has 0 unspecified atom stereocenters. The van der Waals surface area contributed by atoms with Crippen molar-refractivity contribution in [3.63, 3.8) is 0 Å². The molecule has 0 spiro atoms. The quantitative estimate of drug-likeness (QED) is 0.142. The summed E-state index contributed by atoms with van der Waals surface area (Å²) in [5.41, 5.74) is 18.4. The average molecular weight is 749 g/mol. The minimum Gasteiger partial charge on any atom is -0.0622 e. The molecule has 11 aromatic rings. The van der Waals surface area contributed by atoms with E-state index in [9.17, 15) is 0 Å². The highest BCUT2D eigenvalue weighted by atomic mass is 14.3. The largest absolute Gasteiger partial charge is 0.0622 e. The maximum Gasteiger partial charge on any atom is -0.00139 e. The van der Waals surface area contributed by atoms with Crippen LogP contribution in [0.4, 0.5) is 0 Å². The van der Waals surface area contributed by atoms with Crippen molar-refractivity contribution in [1.29, 1.82) is 0 Å². The zero-order valence-corrected chi connectivity index (χ0v) is 32.9. The molecule has 11 aromatic carbocycles. The molecule has 0 fully saturated rings. The molecular weight excluding hydrogens is 709 g/mol. The van der Waals surface area contributed by atoms with Gasteiger partial charge in [0.1, 0.15) is 0 Å². The number of aryl methyl sites for hydroxylation is 1. The van der Waals surface area contributed by atoms with Crippen LogP contribution >= 0.6 is 0 Å². The van der Waals surface area contributed by atoms with Crippen LogP contribution in [0.2, 0.25) is 0 Å². The van der Waals surface area contributed by atoms with Gasteiger partial charge in [0.15, 0.2) is 0 Å². The van der Waals surface area contributed by atoms with Crippen LogP contribution < -0.4 is 0 Å². The lowest BCUT2D eigenvalue weighted by atomic mass is 9.80. The third kappa shape index (κ3) is 5.92. The summed E-state index contributed by atoms with van der Waals surface area (Å²) in [6.45, 7) is 2.17. The topological polar surface area (TPSA) is 0 Å². The molecule has 0 aromatic heterocycles. The normalized spacial score (nSPS) is 11.5. The Morgan fingerprint density at radius 3 is 0.831 bits per heavy atom. The summed E-state index contributed by atoms with van der Waals surface area (Å²) in [5, 5.41) is 7.63. The molecule has 0 N–H and O–H groups in total. The van der Waals surface area contributed by atoms with Crippen molar-refractivity contribution in [3.8, 4) is 77.9 Å². The number of rotatable bonds is 7. The number of hydrogen-bond donors (Lipinski definition) is 0. The zero-order valence-electron chi connectivity index (χ0n) is 32.9. The SMILES string of the molecule is Cc1ccc(-c2cc(-c3ccccc3-c3ccccc3)c3ccc4c(-c5ccccc5-c5ccccc5)cc(-c5ccccc5-c5ccccc5)c5ccc2c3c54)cc1. The van der Waals surface area contributed by atoms with E-state index in [1.807, 2.05) is 0 Å². The van der Waals surface area contributed by atoms with Crippen LogP contribution in [0.15, 0.2) is 224 Å². The molecule has 0 atom stereocenters. The van der Waals surface area contributed by atoms with E-state index >= 15 is 0 Å². The van der Waals surface area contributed by atoms with Crippen molar-refractivity contribution in [2.45, 2.75) is 6.92 Å². The van der Waals surface area contributed by atoms with Gasteiger partial charge in [0.05, 0.1) is 0 Å². The smallest absolute Gasteiger partial charge is 0.00139 e. The first-order chi connectivity index (χ1) is 29.2. The van der Waals surface area contributed by atoms with Gasteiger partial charge in [0.25, 0.3) is 0 Å². The van der Waals surface area contributed by atoms with E-state index in [4.69, 9.17) is 0 Å². The van der Waals surface area contributed by atoms with Gasteiger partial charge in [0.2, 0.25) is 0 Å². The molecule has 0 amide bonds. The van der Waals surface area contributed by atoms with Gasteiger partial charge in [-0.3, -0.25) is 0 Å². The van der Waals surface area contributed by atoms with Crippen LogP contribution in [0, 0.1) is 6.92 Å². The molecule has 0 aliphatic heterocycles. The van der Waals surface area contributed by atoms with Crippen molar-refractivity contribution in [2.24, 2.45) is 0 Å². The summed E-state index contributed by atoms with van der Waals surface area (Å²) in [4.78, 5) is 0. The molecule has 276 valence electrons. The van der Waals surface area contributed by atoms with Crippen LogP contribution in [0.3, 0.4) is 0 Å². The Labute approximate surface area is 345 Å². The Morgan fingerprint density at radius 2 is 0.475 bits per heavy atom. The van der Waals surface area contributed by atoms with Crippen molar-refractivity contribution in [3.05, 3.63) is 230 Å². The first-order valence-corrected chi connectivity index (χ1v) is 20.5. The summed E-state index contributed by atoms with van der Waals surface area (Å²) >= 11 is 0. The van der Waals surface area contributed by atoms with Crippen LogP contribution in [0.5, 0.6) is 0 Å². The molecular formula is C59H40. The van der Waals surface area contributed by atoms with E-state index < -0.39 is 0 Å². The summed E-state index contributed by atoms with van der Waals surface area (Å²) in [6.07, 6.45) is 0. The minimum absolute atomic E-state index is 1.21. The highest BCUT2D eigenvalue weighted by molar-refractivity contribution is 6.32. The minimum atomic E-state index is 1.21. The Kier molecular flexibility index (Phi) is 8.49. The second kappa shape index (κ2) is 14.4. The van der Waals surface area contributed by atoms with Crippen LogP contribution in [-0.4, -0.2) is 0 Å². The average Bonchev–Trinajstić information content (AvgIpc) is 3.31. The van der Waals surface area contributed by atoms with Crippen molar-refractivity contribution < 1.29 is 0 Å². The first kappa shape index (κ1) is 34.7. The van der Waals surface area contributed by atoms with Crippen LogP contribution in [0.1, 0.15) is 5.56 Å². The van der Waals surface area contributed by atoms with Crippen molar-refractivity contribution in [2.75, 3.05) is 0 Å². The second-order valence-corrected chi connectivity index (χ2v) is 15.6. The maximum atomic E-state index is 2.47. The predicted molar refractivity (Wildman–Crippen MR) is 253 cm³/mol. The standard InChI is InChI=1S/C59H40/c1-39-29-31-43(32-30-39)54-37-55(47-26-14-11-23-44(47)40-17-5-2-6-18-40)51-35-36-53-57(49-28-16-13-25-46(49)42-21-9-4-10-22-42)38-56(52-34-33-50(54)58(51)59(52)53)48-27-15-12-24-45(48)41-19-7-3-8-20-41/h2-38H,1H3. The molecule has 0 bridgehead atoms. The summed E-state index contributed by atoms with van der Waals surface area (Å²) in [5.74, 6) is 0. The van der Waals surface area contributed by atoms with E-state index in [1.54, 1.807) is 0 Å². The van der Waals surface area contributed by atoms with Crippen molar-refractivity contribution in [1.82, 2.24) is 0 Å². The second-order valence-electron chi connectivity index (χ2n) is 15.6. The summed E-state index contributed by atoms with van der Waals surface area (Å²) in [7, 11) is 0. The maximum absolute atomic E-state index is 2.47. The third-order valence-corrected chi connectivity index (χ3v) is 12.2. The van der Waals surface area contributed by atoms with Gasteiger partial charge in [-0.25, -0.2) is 0 Å². The van der Waals surface area contributed by atoms with E-state index in [-0.39, 0.29) is 0 Å². The van der Waals surface area contributed by atoms with Crippen LogP contribution in [-0.2, 0) is 0 Å². The molecule has 0 aliphatic rings. The van der Waals surface area contributed by atoms with E-state index in [0.717, 1.165) is 0 Å². The van der Waals surface area contributed by atoms with Gasteiger partial charge in [-0.1, -0.05) is 218 Å². The Balaban J connectivity index is 1.32. The van der Waals surface area contributed by atoms with Gasteiger partial charge < -0.3 is 0 Å². The lowest BCUT2D eigenvalue weighted by molar-refractivity contribution is 1.47. The summed E-state index contributed by atoms with van der Waals surface area (Å²) in [6, 6.07) is 82.8. The molecule has 0 heteroatoms. The molecule has 11 rings (SSSR count). The molecule has 59 heavy (non-hydrogen) atoms. The fourth-order valence-electron chi connectivity index (χ4n) is 9.40. The number of hydrogen-bond acceptors (Lipinski definition) is 0. The lowest BCUT2D eigenvalue weighted by Gasteiger charge is -2.23. The lowest BCUT2D eigenvalue weighted by Crippen LogP contribution is -1.96. The van der Waals surface area contributed by atoms with Crippen LogP contribution in [0.25, 0.3) is 110 Å². The molecule has 0 saturated heterocycles. The molecule has 0 heterocycles. The fraction of sp³-hybridized carbons (Fsp3) is 0.0169. The van der Waals surface area contributed by atoms with Gasteiger partial charge in [-0.2, -0.15) is 0 Å². The molecule has 0 radical (unpaired) electrons. The predicted octanol–water partition coefficient (Wildman–Crippen LogP) is 16.6. The van der Waals surface area contributed by atoms with Gasteiger partial charge >= 0.3 is 0 Å². The Bertz CT molecular complexity index is 3180.